The molecule has 154 valence electrons. The number of alkyl halides is 3. The van der Waals surface area contributed by atoms with Crippen molar-refractivity contribution in [2.45, 2.75) is 18.0 Å². The minimum Gasteiger partial charge on any atom is -0.611 e. The number of aryl methyl sites for hydroxylation is 1. The monoisotopic (exact) mass is 451 g/mol. The van der Waals surface area contributed by atoms with Gasteiger partial charge in [-0.05, 0) is 42.4 Å². The van der Waals surface area contributed by atoms with Gasteiger partial charge in [-0.15, -0.1) is 11.3 Å². The number of halogens is 4. The zero-order valence-corrected chi connectivity index (χ0v) is 17.0. The molecule has 0 aliphatic rings. The van der Waals surface area contributed by atoms with Crippen LogP contribution in [0.2, 0.25) is 0 Å². The van der Waals surface area contributed by atoms with E-state index in [2.05, 4.69) is 15.0 Å². The van der Waals surface area contributed by atoms with Crippen LogP contribution in [0.15, 0.2) is 53.8 Å². The Bertz CT molecular complexity index is 1210. The third kappa shape index (κ3) is 4.30. The summed E-state index contributed by atoms with van der Waals surface area (Å²) in [7, 11) is 0. The molecule has 0 spiro atoms. The van der Waals surface area contributed by atoms with Gasteiger partial charge in [0.05, 0.1) is 16.6 Å². The Morgan fingerprint density at radius 3 is 2.67 bits per heavy atom. The van der Waals surface area contributed by atoms with Gasteiger partial charge in [0.2, 0.25) is 5.75 Å². The van der Waals surface area contributed by atoms with Crippen LogP contribution in [0.5, 0.6) is 0 Å². The lowest BCUT2D eigenvalue weighted by Gasteiger charge is -2.15. The van der Waals surface area contributed by atoms with E-state index in [0.717, 1.165) is 16.3 Å². The fourth-order valence-electron chi connectivity index (χ4n) is 2.91. The van der Waals surface area contributed by atoms with Crippen LogP contribution in [0.3, 0.4) is 0 Å². The number of nitrogens with zero attached hydrogens (tertiary/aromatic N) is 3. The number of rotatable bonds is 4. The van der Waals surface area contributed by atoms with E-state index in [1.54, 1.807) is 24.5 Å². The fourth-order valence-corrected chi connectivity index (χ4v) is 5.00. The average molecular weight is 451 g/mol. The molecule has 0 aliphatic heterocycles. The number of hydrogen-bond donors (Lipinski definition) is 0. The minimum atomic E-state index is -4.59. The molecule has 0 bridgehead atoms. The van der Waals surface area contributed by atoms with E-state index in [4.69, 9.17) is 0 Å². The highest BCUT2D eigenvalue weighted by Crippen LogP contribution is 2.34. The van der Waals surface area contributed by atoms with Crippen LogP contribution >= 0.6 is 11.3 Å². The van der Waals surface area contributed by atoms with Crippen LogP contribution in [-0.4, -0.2) is 31.4 Å². The summed E-state index contributed by atoms with van der Waals surface area (Å²) < 4.78 is 65.5. The van der Waals surface area contributed by atoms with E-state index in [-0.39, 0.29) is 21.7 Å². The lowest BCUT2D eigenvalue weighted by Crippen LogP contribution is -2.23. The highest BCUT2D eigenvalue weighted by atomic mass is 32.2. The molecule has 0 N–H and O–H groups in total. The lowest BCUT2D eigenvalue weighted by molar-refractivity contribution is -0.106. The summed E-state index contributed by atoms with van der Waals surface area (Å²) in [5, 5.41) is 0.716. The van der Waals surface area contributed by atoms with Crippen molar-refractivity contribution >= 4 is 32.7 Å². The number of benzene rings is 1. The lowest BCUT2D eigenvalue weighted by atomic mass is 10.1. The van der Waals surface area contributed by atoms with Crippen LogP contribution in [0.25, 0.3) is 32.0 Å². The van der Waals surface area contributed by atoms with Crippen molar-refractivity contribution in [2.75, 3.05) is 5.75 Å². The molecular formula is C20H13F4N3OS2. The summed E-state index contributed by atoms with van der Waals surface area (Å²) in [6.45, 7) is 1.43. The fraction of sp³-hybridized carbons (Fsp3) is 0.150. The first-order valence-electron chi connectivity index (χ1n) is 8.64. The molecule has 4 nitrogen and oxygen atoms in total. The van der Waals surface area contributed by atoms with Crippen LogP contribution in [-0.2, 0) is 11.2 Å². The normalized spacial score (nSPS) is 13.0. The van der Waals surface area contributed by atoms with Crippen molar-refractivity contribution in [1.29, 1.82) is 0 Å². The number of fused-ring (bicyclic) bond motifs is 1. The van der Waals surface area contributed by atoms with Crippen LogP contribution in [0.4, 0.5) is 17.6 Å². The predicted octanol–water partition coefficient (Wildman–Crippen LogP) is 5.54. The molecule has 1 unspecified atom stereocenters. The van der Waals surface area contributed by atoms with Gasteiger partial charge in [0, 0.05) is 35.2 Å². The van der Waals surface area contributed by atoms with Crippen molar-refractivity contribution in [3.05, 3.63) is 60.3 Å². The van der Waals surface area contributed by atoms with E-state index in [9.17, 15) is 22.1 Å². The number of aromatic nitrogens is 3. The molecule has 0 radical (unpaired) electrons. The van der Waals surface area contributed by atoms with Gasteiger partial charge in [-0.2, -0.15) is 13.2 Å². The third-order valence-corrected chi connectivity index (χ3v) is 6.85. The first-order valence-corrected chi connectivity index (χ1v) is 10.8. The summed E-state index contributed by atoms with van der Waals surface area (Å²) in [5.41, 5.74) is 1.84. The topological polar surface area (TPSA) is 61.7 Å². The van der Waals surface area contributed by atoms with Gasteiger partial charge >= 0.3 is 6.18 Å². The molecule has 4 rings (SSSR count). The third-order valence-electron chi connectivity index (χ3n) is 4.26. The van der Waals surface area contributed by atoms with E-state index in [0.29, 0.717) is 10.5 Å². The molecule has 3 heterocycles. The van der Waals surface area contributed by atoms with Gasteiger partial charge in [-0.3, -0.25) is 9.97 Å². The molecule has 4 aromatic rings. The van der Waals surface area contributed by atoms with Crippen LogP contribution in [0, 0.1) is 12.7 Å². The predicted molar refractivity (Wildman–Crippen MR) is 108 cm³/mol. The SMILES string of the molecule is Cc1cc(F)c(-c2cc3sc(-c4cccnc4)nc3cn2)cc1[S+]([O-])CC(F)(F)F. The Hall–Kier alpha value is -2.56. The van der Waals surface area contributed by atoms with Gasteiger partial charge in [0.1, 0.15) is 16.3 Å². The Kier molecular flexibility index (Phi) is 5.48. The second kappa shape index (κ2) is 7.93. The Morgan fingerprint density at radius 1 is 1.17 bits per heavy atom. The standard InChI is InChI=1S/C20H13F4N3OS2/c1-11-5-14(21)13(6-18(11)30(28)10-20(22,23)24)15-7-17-16(9-26-15)27-19(29-17)12-3-2-4-25-8-12/h2-9H,10H2,1H3. The summed E-state index contributed by atoms with van der Waals surface area (Å²) in [5.74, 6) is -2.14. The van der Waals surface area contributed by atoms with E-state index >= 15 is 0 Å². The molecule has 0 fully saturated rings. The smallest absolute Gasteiger partial charge is 0.433 e. The molecule has 10 heteroatoms. The Morgan fingerprint density at radius 2 is 1.97 bits per heavy atom. The van der Waals surface area contributed by atoms with Crippen LogP contribution < -0.4 is 0 Å². The van der Waals surface area contributed by atoms with Crippen molar-refractivity contribution in [3.8, 4) is 21.8 Å². The maximum Gasteiger partial charge on any atom is 0.433 e. The van der Waals surface area contributed by atoms with Crippen molar-refractivity contribution in [1.82, 2.24) is 15.0 Å². The highest BCUT2D eigenvalue weighted by Gasteiger charge is 2.36. The van der Waals surface area contributed by atoms with Crippen molar-refractivity contribution < 1.29 is 22.1 Å². The average Bonchev–Trinajstić information content (AvgIpc) is 3.10. The first kappa shape index (κ1) is 20.7. The highest BCUT2D eigenvalue weighted by molar-refractivity contribution is 7.91. The number of pyridine rings is 2. The summed E-state index contributed by atoms with van der Waals surface area (Å²) in [4.78, 5) is 12.7. The maximum absolute atomic E-state index is 14.6. The second-order valence-electron chi connectivity index (χ2n) is 6.50. The first-order chi connectivity index (χ1) is 14.2. The molecule has 0 amide bonds. The second-order valence-corrected chi connectivity index (χ2v) is 8.95. The number of hydrogen-bond acceptors (Lipinski definition) is 5. The van der Waals surface area contributed by atoms with Gasteiger partial charge in [-0.25, -0.2) is 9.37 Å². The van der Waals surface area contributed by atoms with E-state index in [1.165, 1.54) is 30.5 Å². The molecule has 0 saturated heterocycles. The number of thiazole rings is 1. The van der Waals surface area contributed by atoms with Crippen molar-refractivity contribution in [3.63, 3.8) is 0 Å². The Balaban J connectivity index is 1.75. The quantitative estimate of drug-likeness (QED) is 0.302. The van der Waals surface area contributed by atoms with Crippen molar-refractivity contribution in [2.24, 2.45) is 0 Å². The molecular weight excluding hydrogens is 438 g/mol. The summed E-state index contributed by atoms with van der Waals surface area (Å²) in [6, 6.07) is 7.54. The summed E-state index contributed by atoms with van der Waals surface area (Å²) in [6.07, 6.45) is 0.214. The summed E-state index contributed by atoms with van der Waals surface area (Å²) >= 11 is -0.977. The van der Waals surface area contributed by atoms with Gasteiger partial charge in [0.25, 0.3) is 0 Å². The van der Waals surface area contributed by atoms with Crippen LogP contribution in [0.1, 0.15) is 5.56 Å². The minimum absolute atomic E-state index is 0.00986. The zero-order valence-electron chi connectivity index (χ0n) is 15.4. The molecule has 30 heavy (non-hydrogen) atoms. The van der Waals surface area contributed by atoms with Gasteiger partial charge in [-0.1, -0.05) is 0 Å². The molecule has 1 atom stereocenters. The zero-order chi connectivity index (χ0) is 21.5. The van der Waals surface area contributed by atoms with E-state index in [1.807, 2.05) is 6.07 Å². The van der Waals surface area contributed by atoms with Gasteiger partial charge in [0.15, 0.2) is 4.90 Å². The van der Waals surface area contributed by atoms with Gasteiger partial charge < -0.3 is 4.55 Å². The molecule has 1 aromatic carbocycles. The Labute approximate surface area is 175 Å². The maximum atomic E-state index is 14.6. The molecule has 3 aromatic heterocycles. The molecule has 0 aliphatic carbocycles. The van der Waals surface area contributed by atoms with E-state index < -0.39 is 28.9 Å². The molecule has 0 saturated carbocycles. The largest absolute Gasteiger partial charge is 0.611 e.